The minimum absolute atomic E-state index is 0.0499. The Labute approximate surface area is 147 Å². The second kappa shape index (κ2) is 7.83. The molecule has 1 aromatic heterocycles. The van der Waals surface area contributed by atoms with E-state index >= 15 is 0 Å². The lowest BCUT2D eigenvalue weighted by Gasteiger charge is -2.11. The summed E-state index contributed by atoms with van der Waals surface area (Å²) in [5.41, 5.74) is 4.02. The summed E-state index contributed by atoms with van der Waals surface area (Å²) in [6, 6.07) is 6.83. The van der Waals surface area contributed by atoms with Crippen LogP contribution in [-0.4, -0.2) is 27.8 Å². The number of urea groups is 1. The van der Waals surface area contributed by atoms with Crippen molar-refractivity contribution >= 4 is 23.3 Å². The second-order valence-electron chi connectivity index (χ2n) is 6.33. The number of anilines is 2. The minimum Gasteiger partial charge on any atom is -0.336 e. The summed E-state index contributed by atoms with van der Waals surface area (Å²) in [4.78, 5) is 24.1. The molecule has 0 aliphatic rings. The van der Waals surface area contributed by atoms with Crippen LogP contribution in [-0.2, 0) is 18.3 Å². The third kappa shape index (κ3) is 5.07. The van der Waals surface area contributed by atoms with Crippen LogP contribution in [0.4, 0.5) is 16.2 Å². The maximum Gasteiger partial charge on any atom is 0.319 e. The number of benzene rings is 1. The predicted molar refractivity (Wildman–Crippen MR) is 98.7 cm³/mol. The van der Waals surface area contributed by atoms with Crippen molar-refractivity contribution in [2.75, 3.05) is 10.6 Å². The highest BCUT2D eigenvalue weighted by Crippen LogP contribution is 2.17. The van der Waals surface area contributed by atoms with E-state index in [1.165, 1.54) is 0 Å². The van der Waals surface area contributed by atoms with Gasteiger partial charge in [0.1, 0.15) is 0 Å². The molecule has 0 bridgehead atoms. The quantitative estimate of drug-likeness (QED) is 0.780. The fraction of sp³-hybridized carbons (Fsp3) is 0.389. The zero-order valence-electron chi connectivity index (χ0n) is 15.3. The number of carbonyl (C=O) groups is 2. The Hall–Kier alpha value is -2.83. The lowest BCUT2D eigenvalue weighted by molar-refractivity contribution is -0.115. The van der Waals surface area contributed by atoms with Crippen molar-refractivity contribution in [2.24, 2.45) is 7.05 Å². The van der Waals surface area contributed by atoms with Crippen molar-refractivity contribution in [2.45, 2.75) is 40.2 Å². The maximum absolute atomic E-state index is 12.3. The van der Waals surface area contributed by atoms with Crippen molar-refractivity contribution in [1.29, 1.82) is 0 Å². The van der Waals surface area contributed by atoms with Gasteiger partial charge in [-0.25, -0.2) is 4.79 Å². The van der Waals surface area contributed by atoms with Gasteiger partial charge in [-0.05, 0) is 45.9 Å². The first-order valence-corrected chi connectivity index (χ1v) is 8.22. The Balaban J connectivity index is 2.01. The summed E-state index contributed by atoms with van der Waals surface area (Å²) < 4.78 is 1.77. The van der Waals surface area contributed by atoms with Crippen LogP contribution >= 0.6 is 0 Å². The zero-order valence-corrected chi connectivity index (χ0v) is 15.3. The molecule has 2 aromatic rings. The van der Waals surface area contributed by atoms with Crippen LogP contribution in [0.15, 0.2) is 24.3 Å². The van der Waals surface area contributed by atoms with E-state index in [0.29, 0.717) is 11.4 Å². The number of hydrogen-bond donors (Lipinski definition) is 3. The summed E-state index contributed by atoms with van der Waals surface area (Å²) in [6.45, 7) is 7.62. The predicted octanol–water partition coefficient (Wildman–Crippen LogP) is 2.75. The molecule has 25 heavy (non-hydrogen) atoms. The van der Waals surface area contributed by atoms with Gasteiger partial charge in [-0.3, -0.25) is 9.48 Å². The number of aromatic nitrogens is 2. The molecule has 3 N–H and O–H groups in total. The van der Waals surface area contributed by atoms with Crippen molar-refractivity contribution in [3.05, 3.63) is 41.2 Å². The topological polar surface area (TPSA) is 88.1 Å². The normalized spacial score (nSPS) is 10.6. The van der Waals surface area contributed by atoms with E-state index in [4.69, 9.17) is 0 Å². The Morgan fingerprint density at radius 1 is 1.16 bits per heavy atom. The molecule has 2 rings (SSSR count). The molecular formula is C18H25N5O2. The molecule has 0 spiro atoms. The lowest BCUT2D eigenvalue weighted by atomic mass is 10.1. The largest absolute Gasteiger partial charge is 0.336 e. The number of amides is 3. The molecule has 0 unspecified atom stereocenters. The standard InChI is InChI=1S/C18H25N5O2/c1-11(2)19-18(25)21-15-8-6-7-14(9-15)20-17(24)10-16-12(3)22-23(5)13(16)4/h6-9,11H,10H2,1-5H3,(H,20,24)(H2,19,21,25). The van der Waals surface area contributed by atoms with Gasteiger partial charge in [0.15, 0.2) is 0 Å². The fourth-order valence-corrected chi connectivity index (χ4v) is 2.54. The third-order valence-corrected chi connectivity index (χ3v) is 3.82. The first-order chi connectivity index (χ1) is 11.8. The van der Waals surface area contributed by atoms with Crippen LogP contribution in [0.2, 0.25) is 0 Å². The van der Waals surface area contributed by atoms with Crippen LogP contribution in [0.25, 0.3) is 0 Å². The third-order valence-electron chi connectivity index (χ3n) is 3.82. The molecule has 0 saturated heterocycles. The second-order valence-corrected chi connectivity index (χ2v) is 6.33. The van der Waals surface area contributed by atoms with Crippen LogP contribution in [0.5, 0.6) is 0 Å². The molecule has 134 valence electrons. The van der Waals surface area contributed by atoms with Gasteiger partial charge in [0.05, 0.1) is 12.1 Å². The van der Waals surface area contributed by atoms with Crippen molar-refractivity contribution in [3.63, 3.8) is 0 Å². The van der Waals surface area contributed by atoms with Gasteiger partial charge in [-0.15, -0.1) is 0 Å². The minimum atomic E-state index is -0.278. The highest BCUT2D eigenvalue weighted by atomic mass is 16.2. The van der Waals surface area contributed by atoms with E-state index in [1.54, 1.807) is 28.9 Å². The number of aryl methyl sites for hydroxylation is 2. The van der Waals surface area contributed by atoms with Gasteiger partial charge in [-0.1, -0.05) is 6.07 Å². The Bertz CT molecular complexity index is 780. The maximum atomic E-state index is 12.3. The first kappa shape index (κ1) is 18.5. The summed E-state index contributed by atoms with van der Waals surface area (Å²) in [5, 5.41) is 12.7. The molecule has 1 aromatic carbocycles. The van der Waals surface area contributed by atoms with Gasteiger partial charge < -0.3 is 16.0 Å². The van der Waals surface area contributed by atoms with E-state index in [-0.39, 0.29) is 24.4 Å². The number of hydrogen-bond acceptors (Lipinski definition) is 3. The molecule has 7 nitrogen and oxygen atoms in total. The summed E-state index contributed by atoms with van der Waals surface area (Å²) in [7, 11) is 1.86. The van der Waals surface area contributed by atoms with E-state index < -0.39 is 0 Å². The Morgan fingerprint density at radius 2 is 1.80 bits per heavy atom. The molecule has 7 heteroatoms. The number of rotatable bonds is 5. The highest BCUT2D eigenvalue weighted by molar-refractivity contribution is 5.94. The summed E-state index contributed by atoms with van der Waals surface area (Å²) in [5.74, 6) is -0.122. The molecular weight excluding hydrogens is 318 g/mol. The molecule has 0 saturated carbocycles. The SMILES string of the molecule is Cc1nn(C)c(C)c1CC(=O)Nc1cccc(NC(=O)NC(C)C)c1. The first-order valence-electron chi connectivity index (χ1n) is 8.22. The Morgan fingerprint density at radius 3 is 2.36 bits per heavy atom. The average molecular weight is 343 g/mol. The number of carbonyl (C=O) groups excluding carboxylic acids is 2. The number of nitrogens with zero attached hydrogens (tertiary/aromatic N) is 2. The molecule has 0 atom stereocenters. The van der Waals surface area contributed by atoms with E-state index in [1.807, 2.05) is 34.7 Å². The van der Waals surface area contributed by atoms with Gasteiger partial charge in [0.2, 0.25) is 5.91 Å². The summed E-state index contributed by atoms with van der Waals surface area (Å²) in [6.07, 6.45) is 0.261. The van der Waals surface area contributed by atoms with Crippen LogP contribution in [0.3, 0.4) is 0 Å². The molecule has 0 aliphatic heterocycles. The van der Waals surface area contributed by atoms with Crippen LogP contribution in [0.1, 0.15) is 30.8 Å². The van der Waals surface area contributed by atoms with Crippen molar-refractivity contribution in [3.8, 4) is 0 Å². The van der Waals surface area contributed by atoms with Crippen LogP contribution < -0.4 is 16.0 Å². The van der Waals surface area contributed by atoms with Gasteiger partial charge in [0, 0.05) is 35.7 Å². The molecule has 1 heterocycles. The van der Waals surface area contributed by atoms with Crippen molar-refractivity contribution in [1.82, 2.24) is 15.1 Å². The lowest BCUT2D eigenvalue weighted by Crippen LogP contribution is -2.34. The van der Waals surface area contributed by atoms with E-state index in [2.05, 4.69) is 21.0 Å². The fourth-order valence-electron chi connectivity index (χ4n) is 2.54. The highest BCUT2D eigenvalue weighted by Gasteiger charge is 2.14. The smallest absolute Gasteiger partial charge is 0.319 e. The molecule has 0 aliphatic carbocycles. The average Bonchev–Trinajstić information content (AvgIpc) is 2.73. The monoisotopic (exact) mass is 343 g/mol. The molecule has 0 radical (unpaired) electrons. The van der Waals surface area contributed by atoms with Gasteiger partial charge in [0.25, 0.3) is 0 Å². The van der Waals surface area contributed by atoms with Crippen molar-refractivity contribution < 1.29 is 9.59 Å². The Kier molecular flexibility index (Phi) is 5.80. The zero-order chi connectivity index (χ0) is 18.6. The van der Waals surface area contributed by atoms with Crippen LogP contribution in [0, 0.1) is 13.8 Å². The number of nitrogens with one attached hydrogen (secondary N) is 3. The molecule has 0 fully saturated rings. The molecule has 3 amide bonds. The van der Waals surface area contributed by atoms with Gasteiger partial charge >= 0.3 is 6.03 Å². The van der Waals surface area contributed by atoms with E-state index in [9.17, 15) is 9.59 Å². The summed E-state index contributed by atoms with van der Waals surface area (Å²) >= 11 is 0. The van der Waals surface area contributed by atoms with E-state index in [0.717, 1.165) is 17.0 Å². The van der Waals surface area contributed by atoms with Gasteiger partial charge in [-0.2, -0.15) is 5.10 Å².